The molecule has 0 spiro atoms. The Labute approximate surface area is 133 Å². The molecular weight excluding hydrogens is 296 g/mol. The summed E-state index contributed by atoms with van der Waals surface area (Å²) >= 11 is 0. The molecule has 0 aliphatic rings. The molecule has 1 aromatic heterocycles. The molecule has 0 fully saturated rings. The summed E-state index contributed by atoms with van der Waals surface area (Å²) < 4.78 is 6.54. The van der Waals surface area contributed by atoms with Gasteiger partial charge in [-0.2, -0.15) is 10.4 Å². The molecule has 1 unspecified atom stereocenters. The SMILES string of the molecule is COc1ccc(NC(=O)C(C#N)C(=O)c2cnn(C)c2C)cc1. The van der Waals surface area contributed by atoms with Crippen LogP contribution in [0.2, 0.25) is 0 Å². The monoisotopic (exact) mass is 312 g/mol. The van der Waals surface area contributed by atoms with Crippen LogP contribution in [0, 0.1) is 24.2 Å². The quantitative estimate of drug-likeness (QED) is 0.669. The second kappa shape index (κ2) is 6.75. The van der Waals surface area contributed by atoms with Crippen molar-refractivity contribution in [2.24, 2.45) is 13.0 Å². The third-order valence-electron chi connectivity index (χ3n) is 3.51. The number of Topliss-reactive ketones (excluding diaryl/α,β-unsaturated/α-hetero) is 1. The van der Waals surface area contributed by atoms with Crippen LogP contribution in [-0.4, -0.2) is 28.6 Å². The van der Waals surface area contributed by atoms with Crippen LogP contribution in [0.15, 0.2) is 30.5 Å². The molecule has 0 aliphatic heterocycles. The lowest BCUT2D eigenvalue weighted by atomic mass is 9.98. The van der Waals surface area contributed by atoms with Crippen LogP contribution in [0.1, 0.15) is 16.1 Å². The van der Waals surface area contributed by atoms with E-state index in [-0.39, 0.29) is 5.56 Å². The number of aromatic nitrogens is 2. The Balaban J connectivity index is 2.16. The molecule has 118 valence electrons. The molecule has 7 heteroatoms. The lowest BCUT2D eigenvalue weighted by molar-refractivity contribution is -0.117. The molecule has 23 heavy (non-hydrogen) atoms. The number of ketones is 1. The highest BCUT2D eigenvalue weighted by Crippen LogP contribution is 2.18. The number of amides is 1. The fourth-order valence-corrected chi connectivity index (χ4v) is 2.02. The zero-order chi connectivity index (χ0) is 17.0. The molecule has 1 atom stereocenters. The van der Waals surface area contributed by atoms with Gasteiger partial charge in [0.1, 0.15) is 5.75 Å². The number of nitrogens with one attached hydrogen (secondary N) is 1. The van der Waals surface area contributed by atoms with E-state index in [4.69, 9.17) is 4.74 Å². The summed E-state index contributed by atoms with van der Waals surface area (Å²) in [5.41, 5.74) is 1.35. The molecule has 1 heterocycles. The predicted molar refractivity (Wildman–Crippen MR) is 83.0 cm³/mol. The van der Waals surface area contributed by atoms with Gasteiger partial charge in [0.15, 0.2) is 11.7 Å². The molecule has 0 radical (unpaired) electrons. The minimum absolute atomic E-state index is 0.268. The van der Waals surface area contributed by atoms with Crippen LogP contribution in [0.25, 0.3) is 0 Å². The zero-order valence-electron chi connectivity index (χ0n) is 13.0. The second-order valence-corrected chi connectivity index (χ2v) is 4.91. The number of rotatable bonds is 5. The fraction of sp³-hybridized carbons (Fsp3) is 0.250. The number of ether oxygens (including phenoxy) is 1. The third kappa shape index (κ3) is 3.37. The van der Waals surface area contributed by atoms with E-state index >= 15 is 0 Å². The van der Waals surface area contributed by atoms with Crippen molar-refractivity contribution in [2.75, 3.05) is 12.4 Å². The van der Waals surface area contributed by atoms with E-state index in [0.717, 1.165) is 0 Å². The van der Waals surface area contributed by atoms with Crippen LogP contribution in [0.4, 0.5) is 5.69 Å². The summed E-state index contributed by atoms with van der Waals surface area (Å²) in [6, 6.07) is 8.36. The number of aryl methyl sites for hydroxylation is 1. The van der Waals surface area contributed by atoms with Crippen LogP contribution in [-0.2, 0) is 11.8 Å². The van der Waals surface area contributed by atoms with Gasteiger partial charge in [0.2, 0.25) is 5.91 Å². The number of nitrogens with zero attached hydrogens (tertiary/aromatic N) is 3. The maximum absolute atomic E-state index is 12.4. The lowest BCUT2D eigenvalue weighted by Crippen LogP contribution is -2.29. The standard InChI is InChI=1S/C16H16N4O3/c1-10-14(9-18-20(10)2)15(21)13(8-17)16(22)19-11-4-6-12(23-3)7-5-11/h4-7,9,13H,1-3H3,(H,19,22). The van der Waals surface area contributed by atoms with Crippen molar-refractivity contribution in [2.45, 2.75) is 6.92 Å². The Morgan fingerprint density at radius 3 is 2.48 bits per heavy atom. The van der Waals surface area contributed by atoms with Gasteiger partial charge in [-0.15, -0.1) is 0 Å². The summed E-state index contributed by atoms with van der Waals surface area (Å²) in [6.45, 7) is 1.70. The first kappa shape index (κ1) is 16.2. The van der Waals surface area contributed by atoms with Gasteiger partial charge in [0.25, 0.3) is 0 Å². The highest BCUT2D eigenvalue weighted by atomic mass is 16.5. The van der Waals surface area contributed by atoms with E-state index in [0.29, 0.717) is 17.1 Å². The van der Waals surface area contributed by atoms with Gasteiger partial charge in [-0.25, -0.2) is 0 Å². The minimum atomic E-state index is -1.43. The Morgan fingerprint density at radius 2 is 2.00 bits per heavy atom. The fourth-order valence-electron chi connectivity index (χ4n) is 2.02. The predicted octanol–water partition coefficient (Wildman–Crippen LogP) is 1.70. The molecule has 0 saturated heterocycles. The number of carbonyl (C=O) groups excluding carboxylic acids is 2. The van der Waals surface area contributed by atoms with Crippen LogP contribution >= 0.6 is 0 Å². The van der Waals surface area contributed by atoms with Crippen molar-refractivity contribution in [3.05, 3.63) is 41.7 Å². The molecule has 1 aromatic carbocycles. The first-order valence-corrected chi connectivity index (χ1v) is 6.85. The highest BCUT2D eigenvalue weighted by molar-refractivity contribution is 6.15. The average Bonchev–Trinajstić information content (AvgIpc) is 2.88. The number of methoxy groups -OCH3 is 1. The number of nitriles is 1. The Hall–Kier alpha value is -3.14. The number of anilines is 1. The normalized spacial score (nSPS) is 11.4. The Kier molecular flexibility index (Phi) is 4.76. The van der Waals surface area contributed by atoms with E-state index in [9.17, 15) is 14.9 Å². The largest absolute Gasteiger partial charge is 0.497 e. The molecular formula is C16H16N4O3. The second-order valence-electron chi connectivity index (χ2n) is 4.91. The number of hydrogen-bond donors (Lipinski definition) is 1. The highest BCUT2D eigenvalue weighted by Gasteiger charge is 2.29. The number of hydrogen-bond acceptors (Lipinski definition) is 5. The van der Waals surface area contributed by atoms with E-state index in [1.807, 2.05) is 0 Å². The zero-order valence-corrected chi connectivity index (χ0v) is 13.0. The molecule has 0 saturated carbocycles. The third-order valence-corrected chi connectivity index (χ3v) is 3.51. The molecule has 1 amide bonds. The molecule has 2 aromatic rings. The van der Waals surface area contributed by atoms with Crippen molar-refractivity contribution in [3.8, 4) is 11.8 Å². The summed E-state index contributed by atoms with van der Waals surface area (Å²) in [6.07, 6.45) is 1.36. The number of benzene rings is 1. The molecule has 1 N–H and O–H groups in total. The van der Waals surface area contributed by atoms with E-state index in [2.05, 4.69) is 10.4 Å². The molecule has 7 nitrogen and oxygen atoms in total. The molecule has 2 rings (SSSR count). The van der Waals surface area contributed by atoms with E-state index < -0.39 is 17.6 Å². The maximum atomic E-state index is 12.4. The lowest BCUT2D eigenvalue weighted by Gasteiger charge is -2.10. The first-order valence-electron chi connectivity index (χ1n) is 6.85. The van der Waals surface area contributed by atoms with Gasteiger partial charge in [-0.3, -0.25) is 14.3 Å². The van der Waals surface area contributed by atoms with Gasteiger partial charge < -0.3 is 10.1 Å². The molecule has 0 aliphatic carbocycles. The smallest absolute Gasteiger partial charge is 0.249 e. The Morgan fingerprint density at radius 1 is 1.35 bits per heavy atom. The van der Waals surface area contributed by atoms with Crippen LogP contribution < -0.4 is 10.1 Å². The van der Waals surface area contributed by atoms with Crippen molar-refractivity contribution in [3.63, 3.8) is 0 Å². The summed E-state index contributed by atoms with van der Waals surface area (Å²) in [5.74, 6) is -2.03. The average molecular weight is 312 g/mol. The van der Waals surface area contributed by atoms with Gasteiger partial charge in [-0.1, -0.05) is 0 Å². The van der Waals surface area contributed by atoms with Gasteiger partial charge >= 0.3 is 0 Å². The van der Waals surface area contributed by atoms with Crippen molar-refractivity contribution in [1.82, 2.24) is 9.78 Å². The van der Waals surface area contributed by atoms with E-state index in [1.165, 1.54) is 18.0 Å². The minimum Gasteiger partial charge on any atom is -0.497 e. The van der Waals surface area contributed by atoms with Crippen LogP contribution in [0.5, 0.6) is 5.75 Å². The summed E-state index contributed by atoms with van der Waals surface area (Å²) in [7, 11) is 3.22. The summed E-state index contributed by atoms with van der Waals surface area (Å²) in [4.78, 5) is 24.6. The van der Waals surface area contributed by atoms with E-state index in [1.54, 1.807) is 44.3 Å². The Bertz CT molecular complexity index is 772. The van der Waals surface area contributed by atoms with Crippen molar-refractivity contribution < 1.29 is 14.3 Å². The van der Waals surface area contributed by atoms with Gasteiger partial charge in [-0.05, 0) is 31.2 Å². The van der Waals surface area contributed by atoms with Crippen molar-refractivity contribution >= 4 is 17.4 Å². The first-order chi connectivity index (χ1) is 11.0. The van der Waals surface area contributed by atoms with Gasteiger partial charge in [0, 0.05) is 18.4 Å². The molecule has 0 bridgehead atoms. The van der Waals surface area contributed by atoms with Gasteiger partial charge in [0.05, 0.1) is 24.9 Å². The van der Waals surface area contributed by atoms with Crippen LogP contribution in [0.3, 0.4) is 0 Å². The summed E-state index contributed by atoms with van der Waals surface area (Å²) in [5, 5.41) is 15.7. The topological polar surface area (TPSA) is 97.0 Å². The number of carbonyl (C=O) groups is 2. The van der Waals surface area contributed by atoms with Crippen molar-refractivity contribution in [1.29, 1.82) is 5.26 Å². The maximum Gasteiger partial charge on any atom is 0.249 e.